The van der Waals surface area contributed by atoms with Gasteiger partial charge in [0, 0.05) is 43.8 Å². The summed E-state index contributed by atoms with van der Waals surface area (Å²) in [6.45, 7) is 4.16. The second-order valence-corrected chi connectivity index (χ2v) is 10.4. The van der Waals surface area contributed by atoms with Gasteiger partial charge in [-0.3, -0.25) is 0 Å². The fourth-order valence-electron chi connectivity index (χ4n) is 4.33. The summed E-state index contributed by atoms with van der Waals surface area (Å²) < 4.78 is 40.7. The number of hydrogen-bond donors (Lipinski definition) is 0. The van der Waals surface area contributed by atoms with Crippen LogP contribution in [0.15, 0.2) is 47.4 Å². The molecule has 6 nitrogen and oxygen atoms in total. The van der Waals surface area contributed by atoms with Crippen molar-refractivity contribution < 1.29 is 17.6 Å². The molecule has 2 aromatic carbocycles. The fourth-order valence-corrected chi connectivity index (χ4v) is 6.23. The molecular weight excluding hydrogens is 441 g/mol. The van der Waals surface area contributed by atoms with Gasteiger partial charge in [0.25, 0.3) is 0 Å². The summed E-state index contributed by atoms with van der Waals surface area (Å²) in [4.78, 5) is 16.8. The molecule has 31 heavy (non-hydrogen) atoms. The Balaban J connectivity index is 1.37. The molecule has 2 aliphatic rings. The van der Waals surface area contributed by atoms with Gasteiger partial charge >= 0.3 is 6.03 Å². The molecule has 0 unspecified atom stereocenters. The first-order chi connectivity index (χ1) is 14.8. The normalized spacial score (nSPS) is 18.7. The van der Waals surface area contributed by atoms with Crippen molar-refractivity contribution >= 4 is 27.7 Å². The third-order valence-electron chi connectivity index (χ3n) is 6.03. The zero-order chi connectivity index (χ0) is 22.2. The van der Waals surface area contributed by atoms with Crippen molar-refractivity contribution in [2.24, 2.45) is 0 Å². The molecule has 0 atom stereocenters. The third kappa shape index (κ3) is 4.56. The average molecular weight is 466 g/mol. The first-order valence-electron chi connectivity index (χ1n) is 10.3. The molecule has 0 radical (unpaired) electrons. The second kappa shape index (κ2) is 8.76. The van der Waals surface area contributed by atoms with Crippen LogP contribution in [0.3, 0.4) is 0 Å². The van der Waals surface area contributed by atoms with Crippen LogP contribution in [-0.4, -0.2) is 60.8 Å². The molecule has 2 heterocycles. The van der Waals surface area contributed by atoms with Crippen molar-refractivity contribution in [2.75, 3.05) is 26.2 Å². The Kier molecular flexibility index (Phi) is 6.23. The molecule has 2 amide bonds. The maximum atomic E-state index is 13.1. The second-order valence-electron chi connectivity index (χ2n) is 8.07. The lowest BCUT2D eigenvalue weighted by atomic mass is 10.1. The van der Waals surface area contributed by atoms with Gasteiger partial charge < -0.3 is 9.80 Å². The van der Waals surface area contributed by atoms with Gasteiger partial charge in [-0.05, 0) is 61.2 Å². The zero-order valence-corrected chi connectivity index (χ0v) is 18.9. The Morgan fingerprint density at radius 2 is 1.71 bits per heavy atom. The maximum Gasteiger partial charge on any atom is 0.320 e. The summed E-state index contributed by atoms with van der Waals surface area (Å²) in [5.74, 6) is -0.298. The van der Waals surface area contributed by atoms with Crippen LogP contribution >= 0.6 is 11.6 Å². The molecule has 0 aromatic heterocycles. The van der Waals surface area contributed by atoms with E-state index in [1.807, 2.05) is 4.90 Å². The maximum absolute atomic E-state index is 13.1. The SMILES string of the molecule is Cc1cc(Cl)ccc1S(=O)(=O)N1CCC(N2CCN(Cc3ccc(F)cc3)C2=O)CC1. The highest BCUT2D eigenvalue weighted by Crippen LogP contribution is 2.28. The van der Waals surface area contributed by atoms with E-state index in [2.05, 4.69) is 0 Å². The molecule has 2 aromatic rings. The quantitative estimate of drug-likeness (QED) is 0.673. The summed E-state index contributed by atoms with van der Waals surface area (Å²) in [6.07, 6.45) is 1.20. The van der Waals surface area contributed by atoms with Crippen LogP contribution < -0.4 is 0 Å². The molecule has 0 bridgehead atoms. The number of aryl methyl sites for hydroxylation is 1. The number of carbonyl (C=O) groups is 1. The molecule has 0 aliphatic carbocycles. The van der Waals surface area contributed by atoms with Crippen LogP contribution in [0.25, 0.3) is 0 Å². The third-order valence-corrected chi connectivity index (χ3v) is 8.33. The lowest BCUT2D eigenvalue weighted by Crippen LogP contribution is -2.48. The molecule has 0 N–H and O–H groups in total. The van der Waals surface area contributed by atoms with E-state index in [1.54, 1.807) is 42.2 Å². The van der Waals surface area contributed by atoms with Gasteiger partial charge in [0.15, 0.2) is 0 Å². The summed E-state index contributed by atoms with van der Waals surface area (Å²) in [5, 5.41) is 0.507. The van der Waals surface area contributed by atoms with Crippen molar-refractivity contribution in [1.82, 2.24) is 14.1 Å². The Hall–Kier alpha value is -2.16. The van der Waals surface area contributed by atoms with E-state index < -0.39 is 10.0 Å². The van der Waals surface area contributed by atoms with E-state index in [0.29, 0.717) is 56.2 Å². The van der Waals surface area contributed by atoms with E-state index in [1.165, 1.54) is 16.4 Å². The Labute approximate surface area is 187 Å². The number of rotatable bonds is 5. The zero-order valence-electron chi connectivity index (χ0n) is 17.3. The van der Waals surface area contributed by atoms with Crippen LogP contribution in [0.4, 0.5) is 9.18 Å². The summed E-state index contributed by atoms with van der Waals surface area (Å²) in [5.41, 5.74) is 1.51. The van der Waals surface area contributed by atoms with E-state index in [0.717, 1.165) is 5.56 Å². The minimum atomic E-state index is -3.59. The van der Waals surface area contributed by atoms with Gasteiger partial charge in [-0.15, -0.1) is 0 Å². The first kappa shape index (κ1) is 22.0. The van der Waals surface area contributed by atoms with E-state index >= 15 is 0 Å². The molecule has 166 valence electrons. The van der Waals surface area contributed by atoms with Crippen molar-refractivity contribution in [3.63, 3.8) is 0 Å². The number of benzene rings is 2. The molecule has 2 aliphatic heterocycles. The molecule has 9 heteroatoms. The highest BCUT2D eigenvalue weighted by molar-refractivity contribution is 7.89. The standard InChI is InChI=1S/C22H25ClFN3O3S/c1-16-14-18(23)4-7-21(16)31(29,30)26-10-8-20(9-11-26)27-13-12-25(22(27)28)15-17-2-5-19(24)6-3-17/h2-7,14,20H,8-13,15H2,1H3. The Bertz CT molecular complexity index is 1070. The summed E-state index contributed by atoms with van der Waals surface area (Å²) in [6, 6.07) is 10.9. The molecule has 0 saturated carbocycles. The molecular formula is C22H25ClFN3O3S. The number of sulfonamides is 1. The lowest BCUT2D eigenvalue weighted by molar-refractivity contribution is 0.153. The Morgan fingerprint density at radius 1 is 1.03 bits per heavy atom. The Morgan fingerprint density at radius 3 is 2.35 bits per heavy atom. The predicted octanol–water partition coefficient (Wildman–Crippen LogP) is 3.88. The van der Waals surface area contributed by atoms with Crippen LogP contribution in [-0.2, 0) is 16.6 Å². The topological polar surface area (TPSA) is 60.9 Å². The highest BCUT2D eigenvalue weighted by Gasteiger charge is 2.37. The number of carbonyl (C=O) groups excluding carboxylic acids is 1. The van der Waals surface area contributed by atoms with Gasteiger partial charge in [0.1, 0.15) is 5.82 Å². The van der Waals surface area contributed by atoms with E-state index in [9.17, 15) is 17.6 Å². The van der Waals surface area contributed by atoms with Crippen LogP contribution in [0.2, 0.25) is 5.02 Å². The summed E-state index contributed by atoms with van der Waals surface area (Å²) in [7, 11) is -3.59. The predicted molar refractivity (Wildman–Crippen MR) is 117 cm³/mol. The van der Waals surface area contributed by atoms with Crippen LogP contribution in [0.5, 0.6) is 0 Å². The lowest BCUT2D eigenvalue weighted by Gasteiger charge is -2.36. The van der Waals surface area contributed by atoms with Gasteiger partial charge in [-0.25, -0.2) is 17.6 Å². The van der Waals surface area contributed by atoms with Crippen LogP contribution in [0.1, 0.15) is 24.0 Å². The monoisotopic (exact) mass is 465 g/mol. The first-order valence-corrected chi connectivity index (χ1v) is 12.1. The number of hydrogen-bond acceptors (Lipinski definition) is 3. The fraction of sp³-hybridized carbons (Fsp3) is 0.409. The van der Waals surface area contributed by atoms with Gasteiger partial charge in [0.2, 0.25) is 10.0 Å². The number of amides is 2. The van der Waals surface area contributed by atoms with Crippen molar-refractivity contribution in [3.8, 4) is 0 Å². The minimum absolute atomic E-state index is 0.0171. The number of piperidine rings is 1. The van der Waals surface area contributed by atoms with E-state index in [4.69, 9.17) is 11.6 Å². The minimum Gasteiger partial charge on any atom is -0.320 e. The van der Waals surface area contributed by atoms with Crippen molar-refractivity contribution in [2.45, 2.75) is 37.2 Å². The largest absolute Gasteiger partial charge is 0.320 e. The molecule has 2 saturated heterocycles. The summed E-state index contributed by atoms with van der Waals surface area (Å²) >= 11 is 5.96. The van der Waals surface area contributed by atoms with Gasteiger partial charge in [-0.1, -0.05) is 23.7 Å². The van der Waals surface area contributed by atoms with E-state index in [-0.39, 0.29) is 22.8 Å². The van der Waals surface area contributed by atoms with Gasteiger partial charge in [-0.2, -0.15) is 4.31 Å². The molecule has 2 fully saturated rings. The average Bonchev–Trinajstić information content (AvgIpc) is 3.09. The highest BCUT2D eigenvalue weighted by atomic mass is 35.5. The van der Waals surface area contributed by atoms with Crippen LogP contribution in [0, 0.1) is 12.7 Å². The smallest absolute Gasteiger partial charge is 0.320 e. The number of nitrogens with zero attached hydrogens (tertiary/aromatic N) is 3. The number of halogens is 2. The molecule has 4 rings (SSSR count). The number of urea groups is 1. The molecule has 0 spiro atoms. The van der Waals surface area contributed by atoms with Gasteiger partial charge in [0.05, 0.1) is 4.90 Å². The van der Waals surface area contributed by atoms with Crippen molar-refractivity contribution in [1.29, 1.82) is 0 Å². The van der Waals surface area contributed by atoms with Crippen molar-refractivity contribution in [3.05, 3.63) is 64.4 Å².